The van der Waals surface area contributed by atoms with Crippen molar-refractivity contribution in [3.8, 4) is 5.75 Å². The van der Waals surface area contributed by atoms with Crippen LogP contribution >= 0.6 is 0 Å². The molecule has 2 amide bonds. The molecule has 9 heteroatoms. The van der Waals surface area contributed by atoms with Crippen LogP contribution in [0.1, 0.15) is 30.4 Å². The number of hydrogen-bond donors (Lipinski definition) is 2. The standard InChI is InChI=1S/C22H27N3O6/c1-23-10-8-21-7-6-15(12-17(21)31-16-5-3-4-14(13-23)18(16)21)25(20(27)28)22(30-2)9-11-24(29)19(22)26/h3-7,15,17,29H,8-13H2,1-2H3,(H,27,28)/t15-,17-,21-,22+/m0/s1. The SMILES string of the molecule is CO[C@]1(N(C(=O)O)[C@H]2C=C[C@@]34CCN(C)Cc5cccc(c53)O[C@H]4C2)CCN(O)C1=O. The van der Waals surface area contributed by atoms with Crippen molar-refractivity contribution in [2.24, 2.45) is 0 Å². The van der Waals surface area contributed by atoms with Gasteiger partial charge in [0.15, 0.2) is 0 Å². The number of nitrogens with zero attached hydrogens (tertiary/aromatic N) is 3. The average molecular weight is 429 g/mol. The van der Waals surface area contributed by atoms with E-state index in [1.807, 2.05) is 18.2 Å². The molecule has 0 bridgehead atoms. The lowest BCUT2D eigenvalue weighted by molar-refractivity contribution is -0.189. The predicted molar refractivity (Wildman–Crippen MR) is 109 cm³/mol. The van der Waals surface area contributed by atoms with Gasteiger partial charge in [0, 0.05) is 32.1 Å². The van der Waals surface area contributed by atoms with E-state index in [1.165, 1.54) is 18.2 Å². The Morgan fingerprint density at radius 3 is 2.81 bits per heavy atom. The fourth-order valence-electron chi connectivity index (χ4n) is 5.83. The van der Waals surface area contributed by atoms with Crippen LogP contribution in [0, 0.1) is 0 Å². The molecule has 0 radical (unpaired) electrons. The average Bonchev–Trinajstić information content (AvgIpc) is 3.17. The number of rotatable bonds is 3. The fraction of sp³-hybridized carbons (Fsp3) is 0.545. The largest absolute Gasteiger partial charge is 0.489 e. The Morgan fingerprint density at radius 1 is 1.32 bits per heavy atom. The monoisotopic (exact) mass is 429 g/mol. The first-order valence-corrected chi connectivity index (χ1v) is 10.6. The molecule has 1 spiro atoms. The van der Waals surface area contributed by atoms with E-state index in [0.717, 1.165) is 30.2 Å². The molecule has 31 heavy (non-hydrogen) atoms. The van der Waals surface area contributed by atoms with Gasteiger partial charge < -0.3 is 19.5 Å². The van der Waals surface area contributed by atoms with Crippen LogP contribution in [0.15, 0.2) is 30.4 Å². The number of benzene rings is 1. The van der Waals surface area contributed by atoms with E-state index in [-0.39, 0.29) is 24.5 Å². The lowest BCUT2D eigenvalue weighted by Crippen LogP contribution is -2.62. The molecular formula is C22H27N3O6. The van der Waals surface area contributed by atoms with E-state index in [2.05, 4.69) is 24.1 Å². The zero-order valence-electron chi connectivity index (χ0n) is 17.7. The first-order chi connectivity index (χ1) is 14.8. The molecule has 0 aromatic heterocycles. The Morgan fingerprint density at radius 2 is 2.13 bits per heavy atom. The number of ether oxygens (including phenoxy) is 2. The Balaban J connectivity index is 1.55. The highest BCUT2D eigenvalue weighted by Crippen LogP contribution is 2.53. The van der Waals surface area contributed by atoms with Crippen LogP contribution in [0.2, 0.25) is 0 Å². The van der Waals surface area contributed by atoms with Crippen LogP contribution < -0.4 is 4.74 Å². The van der Waals surface area contributed by atoms with Gasteiger partial charge in [-0.05, 0) is 31.6 Å². The van der Waals surface area contributed by atoms with Crippen LogP contribution in [-0.4, -0.2) is 82.3 Å². The van der Waals surface area contributed by atoms with Crippen molar-refractivity contribution in [1.82, 2.24) is 14.9 Å². The number of carbonyl (C=O) groups is 2. The van der Waals surface area contributed by atoms with Crippen LogP contribution in [0.3, 0.4) is 0 Å². The summed E-state index contributed by atoms with van der Waals surface area (Å²) in [6.07, 6.45) is 3.75. The maximum atomic E-state index is 12.7. The van der Waals surface area contributed by atoms with Gasteiger partial charge in [-0.25, -0.2) is 9.86 Å². The molecule has 166 valence electrons. The molecule has 1 fully saturated rings. The van der Waals surface area contributed by atoms with E-state index in [0.29, 0.717) is 11.5 Å². The fourth-order valence-corrected chi connectivity index (χ4v) is 5.83. The van der Waals surface area contributed by atoms with Gasteiger partial charge in [-0.15, -0.1) is 0 Å². The number of hydroxylamine groups is 2. The molecular weight excluding hydrogens is 402 g/mol. The third-order valence-corrected chi connectivity index (χ3v) is 7.34. The van der Waals surface area contributed by atoms with Crippen molar-refractivity contribution in [3.63, 3.8) is 0 Å². The number of methoxy groups -OCH3 is 1. The quantitative estimate of drug-likeness (QED) is 0.429. The van der Waals surface area contributed by atoms with Gasteiger partial charge in [-0.1, -0.05) is 24.3 Å². The Bertz CT molecular complexity index is 967. The van der Waals surface area contributed by atoms with Gasteiger partial charge in [-0.3, -0.25) is 14.9 Å². The summed E-state index contributed by atoms with van der Waals surface area (Å²) in [4.78, 5) is 28.4. The Hall–Kier alpha value is -2.62. The van der Waals surface area contributed by atoms with E-state index in [1.54, 1.807) is 0 Å². The van der Waals surface area contributed by atoms with Gasteiger partial charge in [0.25, 0.3) is 5.91 Å². The summed E-state index contributed by atoms with van der Waals surface area (Å²) >= 11 is 0. The summed E-state index contributed by atoms with van der Waals surface area (Å²) in [5.74, 6) is 0.0880. The second kappa shape index (κ2) is 6.94. The number of hydrogen-bond acceptors (Lipinski definition) is 6. The van der Waals surface area contributed by atoms with E-state index >= 15 is 0 Å². The normalized spacial score (nSPS) is 34.2. The van der Waals surface area contributed by atoms with Crippen LogP contribution in [0.5, 0.6) is 5.75 Å². The topological polar surface area (TPSA) is 103 Å². The van der Waals surface area contributed by atoms with Crippen molar-refractivity contribution in [2.45, 2.75) is 49.1 Å². The molecule has 2 N–H and O–H groups in total. The summed E-state index contributed by atoms with van der Waals surface area (Å²) in [6.45, 7) is 1.75. The van der Waals surface area contributed by atoms with Gasteiger partial charge >= 0.3 is 6.09 Å². The highest BCUT2D eigenvalue weighted by molar-refractivity contribution is 5.89. The molecule has 1 aliphatic carbocycles. The van der Waals surface area contributed by atoms with Crippen molar-refractivity contribution in [3.05, 3.63) is 41.5 Å². The summed E-state index contributed by atoms with van der Waals surface area (Å²) in [5.41, 5.74) is 0.357. The second-order valence-corrected chi connectivity index (χ2v) is 8.91. The van der Waals surface area contributed by atoms with Crippen molar-refractivity contribution in [1.29, 1.82) is 0 Å². The molecule has 1 aromatic carbocycles. The van der Waals surface area contributed by atoms with E-state index in [9.17, 15) is 19.9 Å². The molecule has 3 aliphatic heterocycles. The van der Waals surface area contributed by atoms with Gasteiger partial charge in [0.2, 0.25) is 5.72 Å². The van der Waals surface area contributed by atoms with Crippen LogP contribution in [0.25, 0.3) is 0 Å². The highest BCUT2D eigenvalue weighted by atomic mass is 16.6. The lowest BCUT2D eigenvalue weighted by Gasteiger charge is -2.44. The summed E-state index contributed by atoms with van der Waals surface area (Å²) in [6, 6.07) is 5.48. The smallest absolute Gasteiger partial charge is 0.410 e. The van der Waals surface area contributed by atoms with E-state index < -0.39 is 23.8 Å². The molecule has 0 unspecified atom stereocenters. The number of carbonyl (C=O) groups excluding carboxylic acids is 1. The third-order valence-electron chi connectivity index (χ3n) is 7.34. The number of carboxylic acid groups (broad SMARTS) is 1. The minimum atomic E-state index is -1.75. The van der Waals surface area contributed by atoms with Crippen molar-refractivity contribution >= 4 is 12.0 Å². The molecule has 5 rings (SSSR count). The molecule has 1 aromatic rings. The molecule has 0 saturated carbocycles. The second-order valence-electron chi connectivity index (χ2n) is 8.91. The summed E-state index contributed by atoms with van der Waals surface area (Å²) in [5, 5.41) is 20.5. The lowest BCUT2D eigenvalue weighted by atomic mass is 9.68. The first-order valence-electron chi connectivity index (χ1n) is 10.6. The first kappa shape index (κ1) is 20.3. The molecule has 4 atom stereocenters. The third kappa shape index (κ3) is 2.73. The van der Waals surface area contributed by atoms with Crippen molar-refractivity contribution in [2.75, 3.05) is 27.2 Å². The van der Waals surface area contributed by atoms with Gasteiger partial charge in [-0.2, -0.15) is 0 Å². The maximum absolute atomic E-state index is 12.7. The zero-order valence-corrected chi connectivity index (χ0v) is 17.7. The van der Waals surface area contributed by atoms with Gasteiger partial charge in [0.05, 0.1) is 18.0 Å². The van der Waals surface area contributed by atoms with Gasteiger partial charge in [0.1, 0.15) is 11.9 Å². The summed E-state index contributed by atoms with van der Waals surface area (Å²) in [7, 11) is 3.40. The van der Waals surface area contributed by atoms with Crippen LogP contribution in [0.4, 0.5) is 4.79 Å². The molecule has 1 saturated heterocycles. The highest BCUT2D eigenvalue weighted by Gasteiger charge is 2.59. The van der Waals surface area contributed by atoms with Crippen molar-refractivity contribution < 1.29 is 29.4 Å². The van der Waals surface area contributed by atoms with E-state index in [4.69, 9.17) is 9.47 Å². The number of amides is 2. The minimum absolute atomic E-state index is 0.0118. The predicted octanol–water partition coefficient (Wildman–Crippen LogP) is 1.79. The zero-order chi connectivity index (χ0) is 22.0. The molecule has 4 aliphatic rings. The molecule has 3 heterocycles. The summed E-state index contributed by atoms with van der Waals surface area (Å²) < 4.78 is 11.8. The minimum Gasteiger partial charge on any atom is -0.489 e. The Kier molecular flexibility index (Phi) is 4.55. The maximum Gasteiger partial charge on any atom is 0.410 e. The Labute approximate surface area is 180 Å². The van der Waals surface area contributed by atoms with Crippen LogP contribution in [-0.2, 0) is 21.5 Å². The molecule has 9 nitrogen and oxygen atoms in total.